The third kappa shape index (κ3) is 8.80. The molecule has 0 aliphatic rings. The van der Waals surface area contributed by atoms with Gasteiger partial charge in [-0.1, -0.05) is 27.3 Å². The van der Waals surface area contributed by atoms with Gasteiger partial charge in [-0.05, 0) is 44.4 Å². The molecule has 6 heteroatoms. The van der Waals surface area contributed by atoms with E-state index in [0.717, 1.165) is 18.4 Å². The van der Waals surface area contributed by atoms with Crippen LogP contribution in [0.15, 0.2) is 18.2 Å². The summed E-state index contributed by atoms with van der Waals surface area (Å²) >= 11 is 0. The highest BCUT2D eigenvalue weighted by Crippen LogP contribution is 2.29. The molecule has 1 aromatic rings. The van der Waals surface area contributed by atoms with Crippen molar-refractivity contribution in [1.29, 1.82) is 0 Å². The molecule has 1 aromatic carbocycles. The molecule has 0 heterocycles. The monoisotopic (exact) mass is 381 g/mol. The van der Waals surface area contributed by atoms with E-state index in [1.165, 1.54) is 0 Å². The van der Waals surface area contributed by atoms with Gasteiger partial charge in [0.05, 0.1) is 19.6 Å². The van der Waals surface area contributed by atoms with Crippen molar-refractivity contribution in [3.05, 3.63) is 23.8 Å². The van der Waals surface area contributed by atoms with Gasteiger partial charge in [0.2, 0.25) is 0 Å². The summed E-state index contributed by atoms with van der Waals surface area (Å²) in [4.78, 5) is 25.6. The van der Waals surface area contributed by atoms with Crippen LogP contribution >= 0.6 is 0 Å². The molecular formula is C21H35NO5. The average molecular weight is 382 g/mol. The number of hydrogen-bond donors (Lipinski definition) is 0. The smallest absolute Gasteiger partial charge is 0.310 e. The van der Waals surface area contributed by atoms with Crippen molar-refractivity contribution in [1.82, 2.24) is 4.90 Å². The van der Waals surface area contributed by atoms with Crippen LogP contribution in [0.5, 0.6) is 11.5 Å². The van der Waals surface area contributed by atoms with Gasteiger partial charge in [0.15, 0.2) is 18.1 Å². The number of benzene rings is 1. The van der Waals surface area contributed by atoms with E-state index in [-0.39, 0.29) is 32.3 Å². The molecule has 27 heavy (non-hydrogen) atoms. The molecule has 0 saturated heterocycles. The standard InChI is InChI=1S/C20H31NO5.CH4/c1-5-11-24-18-13-16(14-20(23)25-12-6-2)9-10-17(18)26-15-19(22)21(7-3)8-4;/h9-10,13H,5-8,11-12,14-15H2,1-4H3;1H4. The summed E-state index contributed by atoms with van der Waals surface area (Å²) in [6, 6.07) is 5.31. The maximum Gasteiger partial charge on any atom is 0.310 e. The third-order valence-electron chi connectivity index (χ3n) is 3.75. The zero-order valence-corrected chi connectivity index (χ0v) is 16.4. The topological polar surface area (TPSA) is 65.1 Å². The Kier molecular flexibility index (Phi) is 12.7. The molecule has 0 aromatic heterocycles. The Morgan fingerprint density at radius 1 is 0.926 bits per heavy atom. The normalized spacial score (nSPS) is 9.93. The lowest BCUT2D eigenvalue weighted by Crippen LogP contribution is -2.34. The minimum Gasteiger partial charge on any atom is -0.490 e. The highest BCUT2D eigenvalue weighted by atomic mass is 16.5. The Hall–Kier alpha value is -2.24. The van der Waals surface area contributed by atoms with Crippen molar-refractivity contribution in [3.8, 4) is 11.5 Å². The molecule has 0 saturated carbocycles. The molecular weight excluding hydrogens is 346 g/mol. The number of amides is 1. The van der Waals surface area contributed by atoms with E-state index in [2.05, 4.69) is 0 Å². The van der Waals surface area contributed by atoms with E-state index in [1.807, 2.05) is 27.7 Å². The summed E-state index contributed by atoms with van der Waals surface area (Å²) in [7, 11) is 0. The number of rotatable bonds is 12. The predicted octanol–water partition coefficient (Wildman–Crippen LogP) is 3.85. The van der Waals surface area contributed by atoms with Crippen LogP contribution in [0, 0.1) is 0 Å². The first-order chi connectivity index (χ1) is 12.5. The fraction of sp³-hybridized carbons (Fsp3) is 0.619. The highest BCUT2D eigenvalue weighted by Gasteiger charge is 2.14. The molecule has 1 rings (SSSR count). The number of ether oxygens (including phenoxy) is 3. The van der Waals surface area contributed by atoms with Crippen LogP contribution in [0.25, 0.3) is 0 Å². The van der Waals surface area contributed by atoms with Crippen LogP contribution in [0.3, 0.4) is 0 Å². The molecule has 0 unspecified atom stereocenters. The van der Waals surface area contributed by atoms with E-state index in [4.69, 9.17) is 14.2 Å². The molecule has 0 aliphatic carbocycles. The van der Waals surface area contributed by atoms with Gasteiger partial charge in [-0.25, -0.2) is 0 Å². The number of hydrogen-bond acceptors (Lipinski definition) is 5. The minimum absolute atomic E-state index is 0. The molecule has 0 spiro atoms. The molecule has 0 N–H and O–H groups in total. The zero-order chi connectivity index (χ0) is 19.4. The first-order valence-corrected chi connectivity index (χ1v) is 9.37. The van der Waals surface area contributed by atoms with Gasteiger partial charge in [0.1, 0.15) is 0 Å². The van der Waals surface area contributed by atoms with Crippen LogP contribution in [0.4, 0.5) is 0 Å². The summed E-state index contributed by atoms with van der Waals surface area (Å²) < 4.78 is 16.5. The molecule has 0 bridgehead atoms. The van der Waals surface area contributed by atoms with E-state index in [1.54, 1.807) is 23.1 Å². The molecule has 0 fully saturated rings. The van der Waals surface area contributed by atoms with Crippen molar-refractivity contribution in [2.75, 3.05) is 32.9 Å². The Bertz CT molecular complexity index is 570. The highest BCUT2D eigenvalue weighted by molar-refractivity contribution is 5.77. The number of nitrogens with zero attached hydrogens (tertiary/aromatic N) is 1. The van der Waals surface area contributed by atoms with E-state index in [0.29, 0.717) is 37.8 Å². The maximum atomic E-state index is 12.1. The van der Waals surface area contributed by atoms with Crippen LogP contribution in [-0.4, -0.2) is 49.7 Å². The molecule has 1 amide bonds. The van der Waals surface area contributed by atoms with E-state index >= 15 is 0 Å². The summed E-state index contributed by atoms with van der Waals surface area (Å²) in [6.07, 6.45) is 1.83. The van der Waals surface area contributed by atoms with Crippen molar-refractivity contribution < 1.29 is 23.8 Å². The predicted molar refractivity (Wildman–Crippen MR) is 107 cm³/mol. The SMILES string of the molecule is C.CCCOC(=O)Cc1ccc(OCC(=O)N(CC)CC)c(OCCC)c1. The number of likely N-dealkylation sites (N-methyl/N-ethyl adjacent to an activating group) is 1. The summed E-state index contributed by atoms with van der Waals surface area (Å²) in [5.74, 6) is 0.715. The van der Waals surface area contributed by atoms with Gasteiger partial charge in [-0.3, -0.25) is 9.59 Å². The quantitative estimate of drug-likeness (QED) is 0.515. The van der Waals surface area contributed by atoms with Crippen molar-refractivity contribution >= 4 is 11.9 Å². The second-order valence-electron chi connectivity index (χ2n) is 5.88. The summed E-state index contributed by atoms with van der Waals surface area (Å²) in [5, 5.41) is 0. The lowest BCUT2D eigenvalue weighted by atomic mass is 10.1. The minimum atomic E-state index is -0.265. The molecule has 154 valence electrons. The van der Waals surface area contributed by atoms with Gasteiger partial charge in [-0.2, -0.15) is 0 Å². The Morgan fingerprint density at radius 2 is 1.59 bits per heavy atom. The number of carbonyl (C=O) groups is 2. The number of carbonyl (C=O) groups excluding carboxylic acids is 2. The fourth-order valence-electron chi connectivity index (χ4n) is 2.35. The zero-order valence-electron chi connectivity index (χ0n) is 16.4. The third-order valence-corrected chi connectivity index (χ3v) is 3.75. The van der Waals surface area contributed by atoms with Crippen LogP contribution in [0.2, 0.25) is 0 Å². The largest absolute Gasteiger partial charge is 0.490 e. The van der Waals surface area contributed by atoms with Gasteiger partial charge < -0.3 is 19.1 Å². The van der Waals surface area contributed by atoms with Crippen LogP contribution in [0.1, 0.15) is 53.5 Å². The average Bonchev–Trinajstić information content (AvgIpc) is 2.64. The van der Waals surface area contributed by atoms with E-state index < -0.39 is 0 Å². The Balaban J connectivity index is 0.00000676. The first-order valence-electron chi connectivity index (χ1n) is 9.37. The second-order valence-corrected chi connectivity index (χ2v) is 5.88. The Morgan fingerprint density at radius 3 is 2.19 bits per heavy atom. The fourth-order valence-corrected chi connectivity index (χ4v) is 2.35. The van der Waals surface area contributed by atoms with Gasteiger partial charge in [0, 0.05) is 13.1 Å². The van der Waals surface area contributed by atoms with Gasteiger partial charge >= 0.3 is 5.97 Å². The lowest BCUT2D eigenvalue weighted by Gasteiger charge is -2.19. The van der Waals surface area contributed by atoms with Gasteiger partial charge in [0.25, 0.3) is 5.91 Å². The van der Waals surface area contributed by atoms with Crippen molar-refractivity contribution in [2.45, 2.75) is 54.4 Å². The van der Waals surface area contributed by atoms with Gasteiger partial charge in [-0.15, -0.1) is 0 Å². The molecule has 6 nitrogen and oxygen atoms in total. The maximum absolute atomic E-state index is 12.1. The first kappa shape index (κ1) is 24.8. The number of esters is 1. The van der Waals surface area contributed by atoms with Crippen LogP contribution < -0.4 is 9.47 Å². The Labute approximate surface area is 163 Å². The summed E-state index contributed by atoms with van der Waals surface area (Å²) in [6.45, 7) is 10.0. The van der Waals surface area contributed by atoms with Crippen LogP contribution in [-0.2, 0) is 20.7 Å². The van der Waals surface area contributed by atoms with E-state index in [9.17, 15) is 9.59 Å². The summed E-state index contributed by atoms with van der Waals surface area (Å²) in [5.41, 5.74) is 0.791. The van der Waals surface area contributed by atoms with Crippen molar-refractivity contribution in [3.63, 3.8) is 0 Å². The molecule has 0 radical (unpaired) electrons. The lowest BCUT2D eigenvalue weighted by molar-refractivity contribution is -0.142. The second kappa shape index (κ2) is 13.9. The van der Waals surface area contributed by atoms with Crippen molar-refractivity contribution in [2.24, 2.45) is 0 Å². The molecule has 0 atom stereocenters. The molecule has 0 aliphatic heterocycles.